The molecule has 0 radical (unpaired) electrons. The number of alkyl halides is 2. The van der Waals surface area contributed by atoms with E-state index in [1.54, 1.807) is 20.2 Å². The molecule has 4 heterocycles. The molecule has 0 atom stereocenters. The molecular weight excluding hydrogens is 571 g/mol. The molecule has 0 saturated carbocycles. The van der Waals surface area contributed by atoms with Crippen LogP contribution in [0.15, 0.2) is 47.0 Å². The maximum absolute atomic E-state index is 13.7. The summed E-state index contributed by atoms with van der Waals surface area (Å²) in [5.74, 6) is -1.79. The predicted octanol–water partition coefficient (Wildman–Crippen LogP) is 6.26. The normalized spacial score (nSPS) is 11.4. The number of benzene rings is 1. The van der Waals surface area contributed by atoms with Gasteiger partial charge in [0.2, 0.25) is 0 Å². The number of aryl methyl sites for hydroxylation is 2. The van der Waals surface area contributed by atoms with Crippen molar-refractivity contribution in [3.63, 3.8) is 0 Å². The molecule has 0 spiro atoms. The molecule has 4 aromatic heterocycles. The molecule has 0 saturated heterocycles. The van der Waals surface area contributed by atoms with Crippen molar-refractivity contribution in [2.24, 2.45) is 12.8 Å². The Balaban J connectivity index is 1.50. The fraction of sp³-hybridized carbons (Fsp3) is 0.154. The van der Waals surface area contributed by atoms with Gasteiger partial charge in [0.25, 0.3) is 18.2 Å². The van der Waals surface area contributed by atoms with Gasteiger partial charge in [0.05, 0.1) is 16.4 Å². The van der Waals surface area contributed by atoms with E-state index in [1.807, 2.05) is 0 Å². The van der Waals surface area contributed by atoms with Crippen LogP contribution in [0, 0.1) is 12.7 Å². The number of nitrogens with zero attached hydrogens (tertiary/aromatic N) is 3. The van der Waals surface area contributed by atoms with Gasteiger partial charge < -0.3 is 20.2 Å². The minimum absolute atomic E-state index is 0.0105. The molecule has 206 valence electrons. The van der Waals surface area contributed by atoms with Crippen molar-refractivity contribution in [1.82, 2.24) is 14.8 Å². The Morgan fingerprint density at radius 2 is 2.00 bits per heavy atom. The topological polar surface area (TPSA) is 125 Å². The first-order valence-electron chi connectivity index (χ1n) is 11.6. The molecule has 0 fully saturated rings. The van der Waals surface area contributed by atoms with Crippen LogP contribution in [0.3, 0.4) is 0 Å². The van der Waals surface area contributed by atoms with E-state index in [0.29, 0.717) is 16.8 Å². The SMILES string of the molecule is Cc1nn(C)cc1-c1cc(C(F)F)nc2sc(C(N)=O)c(NC(=O)c3ccc(COc4ccc(F)cc4Cl)o3)c12. The first-order valence-corrected chi connectivity index (χ1v) is 12.7. The number of hydrogen-bond donors (Lipinski definition) is 2. The smallest absolute Gasteiger partial charge is 0.291 e. The monoisotopic (exact) mass is 589 g/mol. The Labute approximate surface area is 233 Å². The second-order valence-electron chi connectivity index (χ2n) is 8.63. The highest BCUT2D eigenvalue weighted by molar-refractivity contribution is 7.21. The average molecular weight is 590 g/mol. The highest BCUT2D eigenvalue weighted by Crippen LogP contribution is 2.43. The largest absolute Gasteiger partial charge is 0.484 e. The Kier molecular flexibility index (Phi) is 7.25. The Morgan fingerprint density at radius 1 is 1.23 bits per heavy atom. The van der Waals surface area contributed by atoms with Crippen molar-refractivity contribution in [2.75, 3.05) is 5.32 Å². The number of thiophene rings is 1. The summed E-state index contributed by atoms with van der Waals surface area (Å²) >= 11 is 6.75. The van der Waals surface area contributed by atoms with Gasteiger partial charge in [-0.1, -0.05) is 11.6 Å². The zero-order valence-corrected chi connectivity index (χ0v) is 22.4. The Bertz CT molecular complexity index is 1780. The number of halogens is 4. The number of fused-ring (bicyclic) bond motifs is 1. The molecule has 0 aliphatic rings. The van der Waals surface area contributed by atoms with Crippen LogP contribution >= 0.6 is 22.9 Å². The van der Waals surface area contributed by atoms with E-state index in [2.05, 4.69) is 15.4 Å². The molecule has 3 N–H and O–H groups in total. The zero-order valence-electron chi connectivity index (χ0n) is 20.8. The number of nitrogens with two attached hydrogens (primary N) is 1. The van der Waals surface area contributed by atoms with E-state index >= 15 is 0 Å². The predicted molar refractivity (Wildman–Crippen MR) is 142 cm³/mol. The number of amides is 2. The second kappa shape index (κ2) is 10.7. The van der Waals surface area contributed by atoms with E-state index < -0.39 is 29.8 Å². The number of pyridine rings is 1. The summed E-state index contributed by atoms with van der Waals surface area (Å²) in [7, 11) is 1.68. The maximum atomic E-state index is 13.7. The standard InChI is InChI=1S/C26H19ClF3N5O4S/c1-11-15(9-35(2)34-11)14-8-17(23(29)30)32-26-20(14)21(22(40-26)24(31)36)33-25(37)19-6-4-13(39-19)10-38-18-5-3-12(28)7-16(18)27/h3-9,23H,10H2,1-2H3,(H2,31,36)(H,33,37). The number of furan rings is 1. The summed E-state index contributed by atoms with van der Waals surface area (Å²) in [4.78, 5) is 29.6. The summed E-state index contributed by atoms with van der Waals surface area (Å²) in [6.07, 6.45) is -1.25. The van der Waals surface area contributed by atoms with Crippen molar-refractivity contribution in [1.29, 1.82) is 0 Å². The highest BCUT2D eigenvalue weighted by atomic mass is 35.5. The lowest BCUT2D eigenvalue weighted by molar-refractivity contribution is 0.0992. The number of carbonyl (C=O) groups excluding carboxylic acids is 2. The van der Waals surface area contributed by atoms with Crippen LogP contribution < -0.4 is 15.8 Å². The van der Waals surface area contributed by atoms with Crippen LogP contribution in [-0.2, 0) is 13.7 Å². The van der Waals surface area contributed by atoms with Crippen molar-refractivity contribution < 1.29 is 31.9 Å². The number of anilines is 1. The van der Waals surface area contributed by atoms with Crippen LogP contribution in [0.25, 0.3) is 21.3 Å². The van der Waals surface area contributed by atoms with Crippen LogP contribution in [0.1, 0.15) is 43.8 Å². The first kappa shape index (κ1) is 27.2. The Morgan fingerprint density at radius 3 is 2.65 bits per heavy atom. The number of rotatable bonds is 8. The van der Waals surface area contributed by atoms with Crippen LogP contribution in [0.2, 0.25) is 5.02 Å². The summed E-state index contributed by atoms with van der Waals surface area (Å²) in [5.41, 5.74) is 6.45. The third-order valence-electron chi connectivity index (χ3n) is 5.82. The molecule has 5 aromatic rings. The van der Waals surface area contributed by atoms with Gasteiger partial charge in [0.1, 0.15) is 39.3 Å². The fourth-order valence-electron chi connectivity index (χ4n) is 4.09. The van der Waals surface area contributed by atoms with Gasteiger partial charge >= 0.3 is 0 Å². The molecule has 0 aliphatic carbocycles. The molecule has 0 aliphatic heterocycles. The Hall–Kier alpha value is -4.36. The molecule has 0 unspecified atom stereocenters. The number of primary amides is 1. The molecule has 2 amide bonds. The van der Waals surface area contributed by atoms with Crippen molar-refractivity contribution in [2.45, 2.75) is 20.0 Å². The lowest BCUT2D eigenvalue weighted by Crippen LogP contribution is -2.16. The molecule has 5 rings (SSSR count). The molecular formula is C26H19ClF3N5O4S. The van der Waals surface area contributed by atoms with Crippen LogP contribution in [0.5, 0.6) is 5.75 Å². The third-order valence-corrected chi connectivity index (χ3v) is 7.21. The van der Waals surface area contributed by atoms with Crippen molar-refractivity contribution >= 4 is 50.7 Å². The maximum Gasteiger partial charge on any atom is 0.291 e. The number of nitrogens with one attached hydrogen (secondary N) is 1. The first-order chi connectivity index (χ1) is 19.0. The van der Waals surface area contributed by atoms with E-state index in [4.69, 9.17) is 26.5 Å². The molecule has 40 heavy (non-hydrogen) atoms. The number of aromatic nitrogens is 3. The van der Waals surface area contributed by atoms with Gasteiger partial charge in [-0.3, -0.25) is 14.3 Å². The van der Waals surface area contributed by atoms with E-state index in [0.717, 1.165) is 17.4 Å². The lowest BCUT2D eigenvalue weighted by Gasteiger charge is -2.10. The third kappa shape index (κ3) is 5.25. The van der Waals surface area contributed by atoms with Gasteiger partial charge in [-0.05, 0) is 48.9 Å². The minimum Gasteiger partial charge on any atom is -0.484 e. The van der Waals surface area contributed by atoms with Crippen molar-refractivity contribution in [3.8, 4) is 16.9 Å². The number of carbonyl (C=O) groups is 2. The van der Waals surface area contributed by atoms with Crippen molar-refractivity contribution in [3.05, 3.63) is 81.2 Å². The van der Waals surface area contributed by atoms with E-state index in [-0.39, 0.29) is 49.7 Å². The summed E-state index contributed by atoms with van der Waals surface area (Å²) < 4.78 is 53.3. The van der Waals surface area contributed by atoms with E-state index in [9.17, 15) is 22.8 Å². The summed E-state index contributed by atoms with van der Waals surface area (Å²) in [6.45, 7) is 1.59. The molecule has 0 bridgehead atoms. The van der Waals surface area contributed by atoms with E-state index in [1.165, 1.54) is 35.0 Å². The zero-order chi connectivity index (χ0) is 28.7. The van der Waals surface area contributed by atoms with Crippen LogP contribution in [0.4, 0.5) is 18.9 Å². The molecule has 9 nitrogen and oxygen atoms in total. The highest BCUT2D eigenvalue weighted by Gasteiger charge is 2.27. The van der Waals surface area contributed by atoms with Gasteiger partial charge in [0.15, 0.2) is 5.76 Å². The second-order valence-corrected chi connectivity index (χ2v) is 10.0. The lowest BCUT2D eigenvalue weighted by atomic mass is 10.0. The molecule has 14 heteroatoms. The van der Waals surface area contributed by atoms with Crippen LogP contribution in [-0.4, -0.2) is 26.6 Å². The number of hydrogen-bond acceptors (Lipinski definition) is 7. The average Bonchev–Trinajstić information content (AvgIpc) is 3.60. The molecule has 1 aromatic carbocycles. The summed E-state index contributed by atoms with van der Waals surface area (Å²) in [6, 6.07) is 7.72. The quantitative estimate of drug-likeness (QED) is 0.220. The minimum atomic E-state index is -2.88. The summed E-state index contributed by atoms with van der Waals surface area (Å²) in [5, 5.41) is 7.24. The van der Waals surface area contributed by atoms with Gasteiger partial charge in [-0.15, -0.1) is 11.3 Å². The van der Waals surface area contributed by atoms with Gasteiger partial charge in [0, 0.05) is 24.2 Å². The number of ether oxygens (including phenoxy) is 1. The fourth-order valence-corrected chi connectivity index (χ4v) is 5.33. The van der Waals surface area contributed by atoms with Gasteiger partial charge in [-0.2, -0.15) is 5.10 Å². The van der Waals surface area contributed by atoms with Gasteiger partial charge in [-0.25, -0.2) is 18.2 Å².